The zero-order chi connectivity index (χ0) is 30.3. The molecule has 0 unspecified atom stereocenters. The van der Waals surface area contributed by atoms with Crippen LogP contribution in [0.25, 0.3) is 6.08 Å². The van der Waals surface area contributed by atoms with Gasteiger partial charge in [0.25, 0.3) is 11.8 Å². The Morgan fingerprint density at radius 2 is 1.60 bits per heavy atom. The van der Waals surface area contributed by atoms with Gasteiger partial charge in [-0.05, 0) is 66.9 Å². The molecule has 3 aromatic carbocycles. The van der Waals surface area contributed by atoms with Crippen molar-refractivity contribution in [2.75, 3.05) is 20.3 Å². The van der Waals surface area contributed by atoms with Crippen molar-refractivity contribution in [2.24, 2.45) is 0 Å². The molecule has 0 aliphatic carbocycles. The van der Waals surface area contributed by atoms with E-state index >= 15 is 0 Å². The molecule has 0 radical (unpaired) electrons. The molecule has 220 valence electrons. The van der Waals surface area contributed by atoms with Crippen molar-refractivity contribution >= 4 is 34.0 Å². The lowest BCUT2D eigenvalue weighted by Crippen LogP contribution is -2.53. The zero-order valence-electron chi connectivity index (χ0n) is 23.3. The maximum absolute atomic E-state index is 13.3. The Labute approximate surface area is 243 Å². The van der Waals surface area contributed by atoms with E-state index in [2.05, 4.69) is 5.32 Å². The molecule has 1 saturated heterocycles. The second-order valence-corrected chi connectivity index (χ2v) is 10.6. The molecule has 3 aromatic rings. The maximum Gasteiger partial charge on any atom is 0.339 e. The van der Waals surface area contributed by atoms with E-state index in [-0.39, 0.29) is 35.1 Å². The van der Waals surface area contributed by atoms with Crippen molar-refractivity contribution in [3.63, 3.8) is 0 Å². The second kappa shape index (κ2) is 13.2. The molecule has 12 heteroatoms. The van der Waals surface area contributed by atoms with Crippen LogP contribution in [0, 0.1) is 0 Å². The second-order valence-electron chi connectivity index (χ2n) is 9.03. The number of barbiturate groups is 1. The highest BCUT2D eigenvalue weighted by molar-refractivity contribution is 7.87. The van der Waals surface area contributed by atoms with Crippen LogP contribution in [0.2, 0.25) is 0 Å². The highest BCUT2D eigenvalue weighted by atomic mass is 32.2. The summed E-state index contributed by atoms with van der Waals surface area (Å²) in [6.07, 6.45) is 2.10. The number of carbonyl (C=O) groups excluding carboxylic acids is 3. The van der Waals surface area contributed by atoms with Gasteiger partial charge in [0.1, 0.15) is 10.5 Å². The fourth-order valence-corrected chi connectivity index (χ4v) is 4.99. The van der Waals surface area contributed by atoms with Gasteiger partial charge in [-0.25, -0.2) is 4.79 Å². The standard InChI is InChI=1S/C30H30N2O9S/c1-4-15-40-24-13-12-21(18-26(24)38-3)19-32-29(34)23(28(33)31-30(32)35)16-20-11-14-25(27(17-20)39-5-2)41-42(36,37)22-9-7-6-8-10-22/h6-14,16-18H,4-5,15,19H2,1-3H3,(H,31,33,35)/b23-16+. The number of imide groups is 2. The van der Waals surface area contributed by atoms with E-state index in [1.807, 2.05) is 6.92 Å². The van der Waals surface area contributed by atoms with Gasteiger partial charge < -0.3 is 18.4 Å². The Morgan fingerprint density at radius 3 is 2.29 bits per heavy atom. The van der Waals surface area contributed by atoms with E-state index in [4.69, 9.17) is 18.4 Å². The SMILES string of the molecule is CCCOc1ccc(CN2C(=O)NC(=O)/C(=C\c3ccc(OS(=O)(=O)c4ccccc4)c(OCC)c3)C2=O)cc1OC. The predicted molar refractivity (Wildman–Crippen MR) is 153 cm³/mol. The molecular formula is C30H30N2O9S. The van der Waals surface area contributed by atoms with Crippen molar-refractivity contribution in [1.29, 1.82) is 0 Å². The van der Waals surface area contributed by atoms with Gasteiger partial charge in [0, 0.05) is 0 Å². The predicted octanol–water partition coefficient (Wildman–Crippen LogP) is 4.31. The number of nitrogens with zero attached hydrogens (tertiary/aromatic N) is 1. The smallest absolute Gasteiger partial charge is 0.339 e. The molecule has 1 fully saturated rings. The number of amides is 4. The number of urea groups is 1. The summed E-state index contributed by atoms with van der Waals surface area (Å²) in [6, 6.07) is 16.1. The van der Waals surface area contributed by atoms with E-state index in [0.717, 1.165) is 11.3 Å². The molecule has 1 heterocycles. The van der Waals surface area contributed by atoms with E-state index in [1.54, 1.807) is 43.3 Å². The quantitative estimate of drug-likeness (QED) is 0.185. The number of carbonyl (C=O) groups is 3. The van der Waals surface area contributed by atoms with Crippen molar-refractivity contribution in [3.05, 3.63) is 83.4 Å². The first-order chi connectivity index (χ1) is 20.2. The highest BCUT2D eigenvalue weighted by Gasteiger charge is 2.36. The fourth-order valence-electron chi connectivity index (χ4n) is 4.03. The van der Waals surface area contributed by atoms with Crippen molar-refractivity contribution in [3.8, 4) is 23.0 Å². The number of hydrogen-bond acceptors (Lipinski definition) is 9. The lowest BCUT2D eigenvalue weighted by molar-refractivity contribution is -0.130. The molecule has 4 rings (SSSR count). The minimum absolute atomic E-state index is 0.0337. The van der Waals surface area contributed by atoms with Crippen molar-refractivity contribution in [2.45, 2.75) is 31.7 Å². The molecule has 0 spiro atoms. The van der Waals surface area contributed by atoms with Gasteiger partial charge >= 0.3 is 16.1 Å². The van der Waals surface area contributed by atoms with Crippen LogP contribution < -0.4 is 23.7 Å². The summed E-state index contributed by atoms with van der Waals surface area (Å²) in [6.45, 7) is 4.24. The first kappa shape index (κ1) is 30.1. The zero-order valence-corrected chi connectivity index (χ0v) is 24.1. The van der Waals surface area contributed by atoms with Crippen LogP contribution in [-0.4, -0.2) is 51.5 Å². The Hall–Kier alpha value is -4.84. The van der Waals surface area contributed by atoms with Gasteiger partial charge in [0.05, 0.1) is 26.9 Å². The number of rotatable bonds is 12. The molecule has 42 heavy (non-hydrogen) atoms. The minimum atomic E-state index is -4.14. The van der Waals surface area contributed by atoms with Crippen molar-refractivity contribution < 1.29 is 41.2 Å². The highest BCUT2D eigenvalue weighted by Crippen LogP contribution is 2.33. The minimum Gasteiger partial charge on any atom is -0.493 e. The van der Waals surface area contributed by atoms with Crippen LogP contribution in [0.3, 0.4) is 0 Å². The third kappa shape index (κ3) is 6.89. The Morgan fingerprint density at radius 1 is 0.857 bits per heavy atom. The normalized spacial score (nSPS) is 14.5. The molecule has 1 N–H and O–H groups in total. The molecular weight excluding hydrogens is 564 g/mol. The number of benzene rings is 3. The van der Waals surface area contributed by atoms with E-state index in [1.165, 1.54) is 43.5 Å². The molecule has 1 aliphatic rings. The first-order valence-corrected chi connectivity index (χ1v) is 14.5. The molecule has 4 amide bonds. The number of hydrogen-bond donors (Lipinski definition) is 1. The lowest BCUT2D eigenvalue weighted by Gasteiger charge is -2.26. The summed E-state index contributed by atoms with van der Waals surface area (Å²) in [4.78, 5) is 39.5. The van der Waals surface area contributed by atoms with Gasteiger partial charge in [-0.1, -0.05) is 37.3 Å². The Kier molecular flexibility index (Phi) is 9.48. The molecule has 0 aromatic heterocycles. The summed E-state index contributed by atoms with van der Waals surface area (Å²) in [5.41, 5.74) is 0.625. The summed E-state index contributed by atoms with van der Waals surface area (Å²) in [5.74, 6) is -0.689. The van der Waals surface area contributed by atoms with Crippen molar-refractivity contribution in [1.82, 2.24) is 10.2 Å². The summed E-state index contributed by atoms with van der Waals surface area (Å²) < 4.78 is 47.4. The largest absolute Gasteiger partial charge is 0.493 e. The molecule has 0 saturated carbocycles. The summed E-state index contributed by atoms with van der Waals surface area (Å²) in [5, 5.41) is 2.19. The van der Waals surface area contributed by atoms with E-state index in [0.29, 0.717) is 29.2 Å². The third-order valence-corrected chi connectivity index (χ3v) is 7.27. The Balaban J connectivity index is 1.60. The van der Waals surface area contributed by atoms with Gasteiger partial charge in [-0.2, -0.15) is 8.42 Å². The van der Waals surface area contributed by atoms with E-state index in [9.17, 15) is 22.8 Å². The first-order valence-electron chi connectivity index (χ1n) is 13.1. The number of methoxy groups -OCH3 is 1. The summed E-state index contributed by atoms with van der Waals surface area (Å²) >= 11 is 0. The van der Waals surface area contributed by atoms with Crippen LogP contribution >= 0.6 is 0 Å². The molecule has 0 atom stereocenters. The van der Waals surface area contributed by atoms with Gasteiger partial charge in [0.15, 0.2) is 23.0 Å². The van der Waals surface area contributed by atoms with Gasteiger partial charge in [-0.3, -0.25) is 19.8 Å². The van der Waals surface area contributed by atoms with E-state index < -0.39 is 28.0 Å². The summed E-state index contributed by atoms with van der Waals surface area (Å²) in [7, 11) is -2.66. The van der Waals surface area contributed by atoms with Crippen LogP contribution in [-0.2, 0) is 26.3 Å². The number of nitrogens with one attached hydrogen (secondary N) is 1. The van der Waals surface area contributed by atoms with Crippen LogP contribution in [0.1, 0.15) is 31.4 Å². The Bertz CT molecular complexity index is 1620. The topological polar surface area (TPSA) is 138 Å². The monoisotopic (exact) mass is 594 g/mol. The maximum atomic E-state index is 13.3. The number of ether oxygens (including phenoxy) is 3. The molecule has 1 aliphatic heterocycles. The van der Waals surface area contributed by atoms with Crippen LogP contribution in [0.15, 0.2) is 77.2 Å². The van der Waals surface area contributed by atoms with Crippen LogP contribution in [0.4, 0.5) is 4.79 Å². The average molecular weight is 595 g/mol. The lowest BCUT2D eigenvalue weighted by atomic mass is 10.1. The fraction of sp³-hybridized carbons (Fsp3) is 0.233. The third-order valence-electron chi connectivity index (χ3n) is 6.03. The molecule has 11 nitrogen and oxygen atoms in total. The van der Waals surface area contributed by atoms with Gasteiger partial charge in [-0.15, -0.1) is 0 Å². The average Bonchev–Trinajstić information content (AvgIpc) is 2.98. The molecule has 0 bridgehead atoms. The van der Waals surface area contributed by atoms with Gasteiger partial charge in [0.2, 0.25) is 0 Å². The van der Waals surface area contributed by atoms with Crippen LogP contribution in [0.5, 0.6) is 23.0 Å².